The number of pyridine rings is 2. The molecule has 6 heteroatoms. The Hall–Kier alpha value is -1.79. The van der Waals surface area contributed by atoms with Gasteiger partial charge < -0.3 is 10.2 Å². The molecule has 0 aliphatic carbocycles. The van der Waals surface area contributed by atoms with E-state index in [0.717, 1.165) is 23.1 Å². The van der Waals surface area contributed by atoms with Crippen molar-refractivity contribution in [3.05, 3.63) is 58.6 Å². The molecular formula is C15H15BrN4O. The lowest BCUT2D eigenvalue weighted by molar-refractivity contribution is 0.0633. The molecule has 3 heterocycles. The van der Waals surface area contributed by atoms with Gasteiger partial charge in [0.2, 0.25) is 0 Å². The van der Waals surface area contributed by atoms with E-state index in [2.05, 4.69) is 31.2 Å². The molecule has 1 fully saturated rings. The van der Waals surface area contributed by atoms with Gasteiger partial charge >= 0.3 is 0 Å². The quantitative estimate of drug-likeness (QED) is 0.903. The summed E-state index contributed by atoms with van der Waals surface area (Å²) in [5.74, 6) is -0.000784. The second-order valence-electron chi connectivity index (χ2n) is 4.90. The van der Waals surface area contributed by atoms with Crippen molar-refractivity contribution < 1.29 is 4.79 Å². The van der Waals surface area contributed by atoms with Crippen LogP contribution < -0.4 is 5.32 Å². The average Bonchev–Trinajstić information content (AvgIpc) is 2.55. The maximum Gasteiger partial charge on any atom is 0.256 e. The predicted molar refractivity (Wildman–Crippen MR) is 82.8 cm³/mol. The van der Waals surface area contributed by atoms with Gasteiger partial charge in [0.05, 0.1) is 11.6 Å². The molecule has 5 nitrogen and oxygen atoms in total. The normalized spacial score (nSPS) is 18.5. The number of rotatable bonds is 2. The Labute approximate surface area is 131 Å². The third-order valence-corrected chi connectivity index (χ3v) is 3.96. The molecule has 1 amide bonds. The van der Waals surface area contributed by atoms with Gasteiger partial charge in [-0.1, -0.05) is 6.07 Å². The van der Waals surface area contributed by atoms with Gasteiger partial charge in [0.15, 0.2) is 0 Å². The minimum atomic E-state index is -0.000989. The molecule has 2 aromatic heterocycles. The molecule has 1 atom stereocenters. The van der Waals surface area contributed by atoms with Crippen LogP contribution in [0, 0.1) is 0 Å². The van der Waals surface area contributed by atoms with E-state index in [9.17, 15) is 4.79 Å². The van der Waals surface area contributed by atoms with E-state index in [1.807, 2.05) is 23.2 Å². The summed E-state index contributed by atoms with van der Waals surface area (Å²) in [7, 11) is 0. The molecule has 0 saturated carbocycles. The Morgan fingerprint density at radius 3 is 3.00 bits per heavy atom. The molecule has 0 radical (unpaired) electrons. The zero-order chi connectivity index (χ0) is 14.7. The molecule has 21 heavy (non-hydrogen) atoms. The lowest BCUT2D eigenvalue weighted by Crippen LogP contribution is -2.48. The van der Waals surface area contributed by atoms with Crippen LogP contribution in [0.5, 0.6) is 0 Å². The molecule has 1 aliphatic heterocycles. The van der Waals surface area contributed by atoms with Crippen LogP contribution in [0.2, 0.25) is 0 Å². The monoisotopic (exact) mass is 346 g/mol. The number of aromatic nitrogens is 2. The summed E-state index contributed by atoms with van der Waals surface area (Å²) in [6.07, 6.45) is 6.84. The predicted octanol–water partition coefficient (Wildman–Crippen LogP) is 2.03. The van der Waals surface area contributed by atoms with Gasteiger partial charge in [0, 0.05) is 48.9 Å². The first-order valence-electron chi connectivity index (χ1n) is 6.78. The molecule has 1 N–H and O–H groups in total. The van der Waals surface area contributed by atoms with Crippen molar-refractivity contribution >= 4 is 21.8 Å². The lowest BCUT2D eigenvalue weighted by Gasteiger charge is -2.36. The summed E-state index contributed by atoms with van der Waals surface area (Å²) in [4.78, 5) is 22.9. The molecule has 108 valence electrons. The van der Waals surface area contributed by atoms with Crippen LogP contribution in [-0.4, -0.2) is 40.4 Å². The fourth-order valence-electron chi connectivity index (χ4n) is 2.51. The smallest absolute Gasteiger partial charge is 0.256 e. The van der Waals surface area contributed by atoms with Gasteiger partial charge in [-0.2, -0.15) is 0 Å². The second kappa shape index (κ2) is 6.32. The number of carbonyl (C=O) groups excluding carboxylic acids is 1. The lowest BCUT2D eigenvalue weighted by atomic mass is 10.0. The van der Waals surface area contributed by atoms with Gasteiger partial charge in [0.1, 0.15) is 0 Å². The molecule has 0 bridgehead atoms. The summed E-state index contributed by atoms with van der Waals surface area (Å²) in [6.45, 7) is 2.20. The van der Waals surface area contributed by atoms with Crippen molar-refractivity contribution in [2.45, 2.75) is 6.04 Å². The number of nitrogens with zero attached hydrogens (tertiary/aromatic N) is 3. The Balaban J connectivity index is 1.89. The molecule has 3 rings (SSSR count). The third kappa shape index (κ3) is 3.11. The maximum absolute atomic E-state index is 12.8. The summed E-state index contributed by atoms with van der Waals surface area (Å²) < 4.78 is 0.807. The van der Waals surface area contributed by atoms with E-state index in [1.54, 1.807) is 24.7 Å². The minimum Gasteiger partial charge on any atom is -0.329 e. The summed E-state index contributed by atoms with van der Waals surface area (Å²) in [6, 6.07) is 5.70. The van der Waals surface area contributed by atoms with Crippen LogP contribution in [0.25, 0.3) is 0 Å². The number of hydrogen-bond acceptors (Lipinski definition) is 4. The van der Waals surface area contributed by atoms with Gasteiger partial charge in [-0.15, -0.1) is 0 Å². The van der Waals surface area contributed by atoms with E-state index in [-0.39, 0.29) is 11.9 Å². The topological polar surface area (TPSA) is 58.1 Å². The summed E-state index contributed by atoms with van der Waals surface area (Å²) in [5, 5.41) is 3.33. The number of piperazine rings is 1. The molecule has 2 aromatic rings. The van der Waals surface area contributed by atoms with E-state index in [0.29, 0.717) is 12.1 Å². The van der Waals surface area contributed by atoms with Crippen molar-refractivity contribution in [1.82, 2.24) is 20.2 Å². The van der Waals surface area contributed by atoms with Crippen molar-refractivity contribution in [2.75, 3.05) is 19.6 Å². The van der Waals surface area contributed by atoms with Crippen LogP contribution in [0.4, 0.5) is 0 Å². The van der Waals surface area contributed by atoms with Crippen molar-refractivity contribution in [2.24, 2.45) is 0 Å². The summed E-state index contributed by atoms with van der Waals surface area (Å²) in [5.41, 5.74) is 1.64. The SMILES string of the molecule is O=C(c1cncc(Br)c1)N1CCNCC1c1cccnc1. The highest BCUT2D eigenvalue weighted by molar-refractivity contribution is 9.10. The zero-order valence-electron chi connectivity index (χ0n) is 11.4. The first-order chi connectivity index (χ1) is 10.3. The largest absolute Gasteiger partial charge is 0.329 e. The first-order valence-corrected chi connectivity index (χ1v) is 7.57. The Morgan fingerprint density at radius 1 is 1.33 bits per heavy atom. The highest BCUT2D eigenvalue weighted by Crippen LogP contribution is 2.24. The summed E-state index contributed by atoms with van der Waals surface area (Å²) >= 11 is 3.36. The van der Waals surface area contributed by atoms with Crippen LogP contribution in [0.3, 0.4) is 0 Å². The Morgan fingerprint density at radius 2 is 2.24 bits per heavy atom. The molecular weight excluding hydrogens is 332 g/mol. The van der Waals surface area contributed by atoms with Gasteiger partial charge in [-0.25, -0.2) is 0 Å². The molecule has 0 aromatic carbocycles. The maximum atomic E-state index is 12.8. The van der Waals surface area contributed by atoms with E-state index >= 15 is 0 Å². The highest BCUT2D eigenvalue weighted by atomic mass is 79.9. The standard InChI is InChI=1S/C15H15BrN4O/c16-13-6-12(8-19-9-13)15(21)20-5-4-18-10-14(20)11-2-1-3-17-7-11/h1-3,6-9,14,18H,4-5,10H2. The van der Waals surface area contributed by atoms with Crippen molar-refractivity contribution in [1.29, 1.82) is 0 Å². The number of hydrogen-bond donors (Lipinski definition) is 1. The average molecular weight is 347 g/mol. The first kappa shape index (κ1) is 14.2. The fourth-order valence-corrected chi connectivity index (χ4v) is 2.88. The molecule has 1 unspecified atom stereocenters. The number of halogens is 1. The van der Waals surface area contributed by atoms with Crippen LogP contribution in [-0.2, 0) is 0 Å². The van der Waals surface area contributed by atoms with Gasteiger partial charge in [-0.3, -0.25) is 14.8 Å². The second-order valence-corrected chi connectivity index (χ2v) is 5.81. The van der Waals surface area contributed by atoms with Crippen molar-refractivity contribution in [3.63, 3.8) is 0 Å². The minimum absolute atomic E-state index is 0.000784. The van der Waals surface area contributed by atoms with Crippen molar-refractivity contribution in [3.8, 4) is 0 Å². The molecule has 1 saturated heterocycles. The highest BCUT2D eigenvalue weighted by Gasteiger charge is 2.28. The number of nitrogens with one attached hydrogen (secondary N) is 1. The van der Waals surface area contributed by atoms with E-state index in [4.69, 9.17) is 0 Å². The Kier molecular flexibility index (Phi) is 4.26. The molecule has 0 spiro atoms. The number of carbonyl (C=O) groups is 1. The number of amides is 1. The molecule has 1 aliphatic rings. The fraction of sp³-hybridized carbons (Fsp3) is 0.267. The van der Waals surface area contributed by atoms with E-state index < -0.39 is 0 Å². The third-order valence-electron chi connectivity index (χ3n) is 3.53. The van der Waals surface area contributed by atoms with Crippen LogP contribution >= 0.6 is 15.9 Å². The van der Waals surface area contributed by atoms with Crippen LogP contribution in [0.1, 0.15) is 22.0 Å². The van der Waals surface area contributed by atoms with Gasteiger partial charge in [-0.05, 0) is 33.6 Å². The zero-order valence-corrected chi connectivity index (χ0v) is 13.0. The Bertz CT molecular complexity index is 635. The van der Waals surface area contributed by atoms with Crippen LogP contribution in [0.15, 0.2) is 47.5 Å². The van der Waals surface area contributed by atoms with E-state index in [1.165, 1.54) is 0 Å². The van der Waals surface area contributed by atoms with Gasteiger partial charge in [0.25, 0.3) is 5.91 Å².